The van der Waals surface area contributed by atoms with Gasteiger partial charge >= 0.3 is 0 Å². The molecule has 0 fully saturated rings. The summed E-state index contributed by atoms with van der Waals surface area (Å²) in [6.07, 6.45) is 0. The minimum absolute atomic E-state index is 0.476. The van der Waals surface area contributed by atoms with Crippen LogP contribution in [0.3, 0.4) is 0 Å². The predicted octanol–water partition coefficient (Wildman–Crippen LogP) is 1.89. The van der Waals surface area contributed by atoms with Crippen LogP contribution in [0.4, 0.5) is 5.82 Å². The summed E-state index contributed by atoms with van der Waals surface area (Å²) >= 11 is 0. The lowest BCUT2D eigenvalue weighted by Gasteiger charge is -2.06. The van der Waals surface area contributed by atoms with Crippen LogP contribution < -0.4 is 10.5 Å². The Morgan fingerprint density at radius 3 is 2.56 bits per heavy atom. The van der Waals surface area contributed by atoms with Crippen LogP contribution in [0, 0.1) is 6.92 Å². The van der Waals surface area contributed by atoms with E-state index >= 15 is 0 Å². The molecule has 0 radical (unpaired) electrons. The summed E-state index contributed by atoms with van der Waals surface area (Å²) in [5, 5.41) is 4.05. The van der Waals surface area contributed by atoms with Crippen molar-refractivity contribution in [3.63, 3.8) is 0 Å². The van der Waals surface area contributed by atoms with E-state index < -0.39 is 0 Å². The molecule has 4 nitrogen and oxygen atoms in total. The van der Waals surface area contributed by atoms with Crippen LogP contribution >= 0.6 is 0 Å². The highest BCUT2D eigenvalue weighted by Gasteiger charge is 2.03. The summed E-state index contributed by atoms with van der Waals surface area (Å²) in [5.74, 6) is 1.37. The van der Waals surface area contributed by atoms with Gasteiger partial charge in [0, 0.05) is 13.1 Å². The van der Waals surface area contributed by atoms with E-state index in [1.54, 1.807) is 4.68 Å². The average Bonchev–Trinajstić information content (AvgIpc) is 2.57. The molecular weight excluding hydrogens is 202 g/mol. The largest absolute Gasteiger partial charge is 0.487 e. The third-order valence-corrected chi connectivity index (χ3v) is 2.40. The molecule has 0 spiro atoms. The zero-order valence-electron chi connectivity index (χ0n) is 9.47. The van der Waals surface area contributed by atoms with Crippen molar-refractivity contribution in [1.29, 1.82) is 0 Å². The van der Waals surface area contributed by atoms with E-state index in [9.17, 15) is 0 Å². The van der Waals surface area contributed by atoms with Crippen LogP contribution in [0.15, 0.2) is 30.3 Å². The molecule has 1 heterocycles. The van der Waals surface area contributed by atoms with E-state index in [2.05, 4.69) is 5.10 Å². The van der Waals surface area contributed by atoms with Gasteiger partial charge in [0.05, 0.1) is 5.69 Å². The first-order valence-electron chi connectivity index (χ1n) is 5.13. The number of anilines is 1. The lowest BCUT2D eigenvalue weighted by atomic mass is 10.2. The van der Waals surface area contributed by atoms with Gasteiger partial charge in [-0.2, -0.15) is 5.10 Å². The summed E-state index contributed by atoms with van der Waals surface area (Å²) in [7, 11) is 1.85. The fourth-order valence-electron chi connectivity index (χ4n) is 1.46. The summed E-state index contributed by atoms with van der Waals surface area (Å²) in [5.41, 5.74) is 7.76. The van der Waals surface area contributed by atoms with Crippen LogP contribution in [0.5, 0.6) is 5.75 Å². The number of benzene rings is 1. The monoisotopic (exact) mass is 217 g/mol. The third kappa shape index (κ3) is 2.34. The number of aryl methyl sites for hydroxylation is 2. The molecule has 0 bridgehead atoms. The highest BCUT2D eigenvalue weighted by atomic mass is 16.5. The SMILES string of the molecule is Cc1ccc(OCc2cc(N)nn2C)cc1. The van der Waals surface area contributed by atoms with Crippen molar-refractivity contribution in [2.45, 2.75) is 13.5 Å². The molecule has 16 heavy (non-hydrogen) atoms. The number of nitrogens with two attached hydrogens (primary N) is 1. The van der Waals surface area contributed by atoms with Crippen molar-refractivity contribution in [3.05, 3.63) is 41.6 Å². The molecule has 2 rings (SSSR count). The van der Waals surface area contributed by atoms with Crippen molar-refractivity contribution < 1.29 is 4.74 Å². The summed E-state index contributed by atoms with van der Waals surface area (Å²) in [6.45, 7) is 2.52. The smallest absolute Gasteiger partial charge is 0.145 e. The van der Waals surface area contributed by atoms with Crippen LogP contribution in [-0.2, 0) is 13.7 Å². The van der Waals surface area contributed by atoms with E-state index in [1.807, 2.05) is 44.3 Å². The standard InChI is InChI=1S/C12H15N3O/c1-9-3-5-11(6-4-9)16-8-10-7-12(13)14-15(10)2/h3-7H,8H2,1-2H3,(H2,13,14). The van der Waals surface area contributed by atoms with E-state index in [1.165, 1.54) is 5.56 Å². The highest BCUT2D eigenvalue weighted by molar-refractivity contribution is 5.30. The first-order chi connectivity index (χ1) is 7.65. The minimum Gasteiger partial charge on any atom is -0.487 e. The molecular formula is C12H15N3O. The topological polar surface area (TPSA) is 53.1 Å². The number of nitrogens with zero attached hydrogens (tertiary/aromatic N) is 2. The molecule has 0 aliphatic heterocycles. The maximum absolute atomic E-state index is 5.62. The van der Waals surface area contributed by atoms with Crippen molar-refractivity contribution in [2.75, 3.05) is 5.73 Å². The number of aromatic nitrogens is 2. The number of hydrogen-bond acceptors (Lipinski definition) is 3. The van der Waals surface area contributed by atoms with E-state index in [0.29, 0.717) is 12.4 Å². The average molecular weight is 217 g/mol. The Bertz CT molecular complexity index is 474. The Labute approximate surface area is 94.6 Å². The normalized spacial score (nSPS) is 10.4. The number of nitrogen functional groups attached to an aromatic ring is 1. The summed E-state index contributed by atoms with van der Waals surface area (Å²) in [6, 6.07) is 9.76. The molecule has 1 aromatic carbocycles. The van der Waals surface area contributed by atoms with Gasteiger partial charge in [0.25, 0.3) is 0 Å². The maximum Gasteiger partial charge on any atom is 0.145 e. The number of hydrogen-bond donors (Lipinski definition) is 1. The molecule has 0 saturated heterocycles. The van der Waals surface area contributed by atoms with Crippen molar-refractivity contribution in [2.24, 2.45) is 7.05 Å². The van der Waals surface area contributed by atoms with Gasteiger partial charge in [-0.25, -0.2) is 0 Å². The molecule has 4 heteroatoms. The Hall–Kier alpha value is -1.97. The Kier molecular flexibility index (Phi) is 2.81. The van der Waals surface area contributed by atoms with Gasteiger partial charge in [-0.15, -0.1) is 0 Å². The van der Waals surface area contributed by atoms with Gasteiger partial charge in [-0.3, -0.25) is 4.68 Å². The highest BCUT2D eigenvalue weighted by Crippen LogP contribution is 2.14. The molecule has 0 aliphatic carbocycles. The third-order valence-electron chi connectivity index (χ3n) is 2.40. The van der Waals surface area contributed by atoms with Gasteiger partial charge in [0.15, 0.2) is 0 Å². The molecule has 1 aromatic heterocycles. The van der Waals surface area contributed by atoms with E-state index in [0.717, 1.165) is 11.4 Å². The van der Waals surface area contributed by atoms with Crippen LogP contribution in [0.25, 0.3) is 0 Å². The van der Waals surface area contributed by atoms with Gasteiger partial charge in [-0.1, -0.05) is 17.7 Å². The van der Waals surface area contributed by atoms with Crippen LogP contribution in [0.2, 0.25) is 0 Å². The van der Waals surface area contributed by atoms with Crippen molar-refractivity contribution >= 4 is 5.82 Å². The molecule has 0 amide bonds. The van der Waals surface area contributed by atoms with Crippen molar-refractivity contribution in [3.8, 4) is 5.75 Å². The van der Waals surface area contributed by atoms with Crippen molar-refractivity contribution in [1.82, 2.24) is 9.78 Å². The Morgan fingerprint density at radius 1 is 1.31 bits per heavy atom. The molecule has 2 aromatic rings. The lowest BCUT2D eigenvalue weighted by molar-refractivity contribution is 0.295. The van der Waals surface area contributed by atoms with Gasteiger partial charge in [0.1, 0.15) is 18.2 Å². The zero-order chi connectivity index (χ0) is 11.5. The summed E-state index contributed by atoms with van der Waals surface area (Å²) in [4.78, 5) is 0. The molecule has 0 aliphatic rings. The summed E-state index contributed by atoms with van der Waals surface area (Å²) < 4.78 is 7.35. The molecule has 0 atom stereocenters. The fraction of sp³-hybridized carbons (Fsp3) is 0.250. The second kappa shape index (κ2) is 4.26. The number of ether oxygens (including phenoxy) is 1. The van der Waals surface area contributed by atoms with Gasteiger partial charge in [0.2, 0.25) is 0 Å². The first-order valence-corrected chi connectivity index (χ1v) is 5.13. The van der Waals surface area contributed by atoms with E-state index in [4.69, 9.17) is 10.5 Å². The minimum atomic E-state index is 0.476. The Morgan fingerprint density at radius 2 is 2.00 bits per heavy atom. The van der Waals surface area contributed by atoms with Crippen LogP contribution in [-0.4, -0.2) is 9.78 Å². The van der Waals surface area contributed by atoms with Gasteiger partial charge in [-0.05, 0) is 19.1 Å². The number of rotatable bonds is 3. The zero-order valence-corrected chi connectivity index (χ0v) is 9.47. The Balaban J connectivity index is 2.02. The van der Waals surface area contributed by atoms with E-state index in [-0.39, 0.29) is 0 Å². The van der Waals surface area contributed by atoms with Gasteiger partial charge < -0.3 is 10.5 Å². The molecule has 84 valence electrons. The predicted molar refractivity (Wildman–Crippen MR) is 63.1 cm³/mol. The van der Waals surface area contributed by atoms with Crippen LogP contribution in [0.1, 0.15) is 11.3 Å². The second-order valence-electron chi connectivity index (χ2n) is 3.79. The molecule has 0 saturated carbocycles. The molecule has 2 N–H and O–H groups in total. The second-order valence-corrected chi connectivity index (χ2v) is 3.79. The quantitative estimate of drug-likeness (QED) is 0.854. The lowest BCUT2D eigenvalue weighted by Crippen LogP contribution is -2.02. The first kappa shape index (κ1) is 10.5. The fourth-order valence-corrected chi connectivity index (χ4v) is 1.46. The maximum atomic E-state index is 5.62. The molecule has 0 unspecified atom stereocenters.